The van der Waals surface area contributed by atoms with Crippen LogP contribution in [-0.4, -0.2) is 17.0 Å². The number of halogens is 3. The van der Waals surface area contributed by atoms with E-state index in [2.05, 4.69) is 5.32 Å². The molecular formula is C19H16ClF2NO3. The lowest BCUT2D eigenvalue weighted by atomic mass is 9.95. The Morgan fingerprint density at radius 1 is 1.08 bits per heavy atom. The number of benzene rings is 2. The third-order valence-electron chi connectivity index (χ3n) is 4.65. The molecule has 1 amide bonds. The lowest BCUT2D eigenvalue weighted by Gasteiger charge is -2.17. The minimum absolute atomic E-state index is 0.243. The number of rotatable bonds is 4. The highest BCUT2D eigenvalue weighted by atomic mass is 35.5. The highest BCUT2D eigenvalue weighted by Crippen LogP contribution is 2.35. The second kappa shape index (κ2) is 7.41. The van der Waals surface area contributed by atoms with Gasteiger partial charge in [-0.1, -0.05) is 36.2 Å². The Morgan fingerprint density at radius 3 is 2.31 bits per heavy atom. The van der Waals surface area contributed by atoms with Gasteiger partial charge in [-0.15, -0.1) is 0 Å². The van der Waals surface area contributed by atoms with E-state index in [0.717, 1.165) is 12.1 Å². The Morgan fingerprint density at radius 2 is 1.69 bits per heavy atom. The van der Waals surface area contributed by atoms with Crippen molar-refractivity contribution >= 4 is 29.2 Å². The fourth-order valence-electron chi connectivity index (χ4n) is 3.33. The summed E-state index contributed by atoms with van der Waals surface area (Å²) in [6.45, 7) is 0. The molecule has 0 heterocycles. The molecule has 0 saturated heterocycles. The molecule has 7 heteroatoms. The molecule has 0 bridgehead atoms. The van der Waals surface area contributed by atoms with E-state index in [1.54, 1.807) is 24.3 Å². The first-order valence-corrected chi connectivity index (χ1v) is 8.54. The summed E-state index contributed by atoms with van der Waals surface area (Å²) < 4.78 is 28.8. The van der Waals surface area contributed by atoms with Gasteiger partial charge in [-0.3, -0.25) is 9.59 Å². The molecule has 0 radical (unpaired) electrons. The number of carbonyl (C=O) groups excluding carboxylic acids is 1. The van der Waals surface area contributed by atoms with E-state index in [1.807, 2.05) is 0 Å². The maximum Gasteiger partial charge on any atom is 0.307 e. The largest absolute Gasteiger partial charge is 0.481 e. The smallest absolute Gasteiger partial charge is 0.307 e. The molecule has 26 heavy (non-hydrogen) atoms. The van der Waals surface area contributed by atoms with Gasteiger partial charge in [0.1, 0.15) is 17.3 Å². The van der Waals surface area contributed by atoms with Gasteiger partial charge >= 0.3 is 5.97 Å². The summed E-state index contributed by atoms with van der Waals surface area (Å²) in [7, 11) is 0. The SMILES string of the molecule is O=C(O)C1CCCC1C(=O)Nc1c(F)cc(-c2ccccc2Cl)cc1F. The zero-order valence-electron chi connectivity index (χ0n) is 13.6. The Bertz CT molecular complexity index is 849. The van der Waals surface area contributed by atoms with Crippen molar-refractivity contribution in [3.63, 3.8) is 0 Å². The average molecular weight is 380 g/mol. The normalized spacial score (nSPS) is 19.3. The highest BCUT2D eigenvalue weighted by Gasteiger charge is 2.38. The molecule has 4 nitrogen and oxygen atoms in total. The second-order valence-electron chi connectivity index (χ2n) is 6.27. The molecule has 1 fully saturated rings. The van der Waals surface area contributed by atoms with Crippen molar-refractivity contribution in [1.82, 2.24) is 0 Å². The van der Waals surface area contributed by atoms with Crippen LogP contribution in [0, 0.1) is 23.5 Å². The maximum absolute atomic E-state index is 14.4. The standard InChI is InChI=1S/C19H16ClF2NO3/c20-14-7-2-1-4-11(14)10-8-15(21)17(16(22)9-10)23-18(24)12-5-3-6-13(12)19(25)26/h1-2,4,7-9,12-13H,3,5-6H2,(H,23,24)(H,25,26). The number of anilines is 1. The third-order valence-corrected chi connectivity index (χ3v) is 4.97. The van der Waals surface area contributed by atoms with Gasteiger partial charge in [0.05, 0.1) is 11.8 Å². The van der Waals surface area contributed by atoms with E-state index in [4.69, 9.17) is 16.7 Å². The Labute approximate surface area is 153 Å². The molecule has 0 aromatic heterocycles. The van der Waals surface area contributed by atoms with E-state index in [1.165, 1.54) is 0 Å². The first kappa shape index (κ1) is 18.3. The van der Waals surface area contributed by atoms with Crippen LogP contribution in [0.1, 0.15) is 19.3 Å². The van der Waals surface area contributed by atoms with E-state index in [-0.39, 0.29) is 5.56 Å². The molecule has 2 aromatic rings. The molecule has 3 rings (SSSR count). The van der Waals surface area contributed by atoms with Gasteiger partial charge in [0.15, 0.2) is 0 Å². The number of nitrogens with one attached hydrogen (secondary N) is 1. The predicted octanol–water partition coefficient (Wildman–Crippen LogP) is 4.72. The van der Waals surface area contributed by atoms with Crippen molar-refractivity contribution < 1.29 is 23.5 Å². The van der Waals surface area contributed by atoms with Crippen LogP contribution < -0.4 is 5.32 Å². The number of hydrogen-bond donors (Lipinski definition) is 2. The van der Waals surface area contributed by atoms with Crippen molar-refractivity contribution in [2.45, 2.75) is 19.3 Å². The molecule has 136 valence electrons. The number of carboxylic acids is 1. The van der Waals surface area contributed by atoms with Crippen molar-refractivity contribution in [1.29, 1.82) is 0 Å². The monoisotopic (exact) mass is 379 g/mol. The zero-order valence-corrected chi connectivity index (χ0v) is 14.4. The number of aliphatic carboxylic acids is 1. The molecular weight excluding hydrogens is 364 g/mol. The van der Waals surface area contributed by atoms with Gasteiger partial charge in [-0.2, -0.15) is 0 Å². The van der Waals surface area contributed by atoms with Crippen molar-refractivity contribution in [3.05, 3.63) is 53.1 Å². The number of amides is 1. The maximum atomic E-state index is 14.4. The summed E-state index contributed by atoms with van der Waals surface area (Å²) in [6, 6.07) is 8.80. The van der Waals surface area contributed by atoms with Gasteiger partial charge in [-0.05, 0) is 36.6 Å². The van der Waals surface area contributed by atoms with Crippen LogP contribution in [0.5, 0.6) is 0 Å². The van der Waals surface area contributed by atoms with Gasteiger partial charge in [0.25, 0.3) is 0 Å². The minimum atomic E-state index is -1.07. The van der Waals surface area contributed by atoms with E-state index >= 15 is 0 Å². The fourth-order valence-corrected chi connectivity index (χ4v) is 3.57. The molecule has 1 aliphatic carbocycles. The van der Waals surface area contributed by atoms with E-state index in [0.29, 0.717) is 29.8 Å². The Kier molecular flexibility index (Phi) is 5.23. The second-order valence-corrected chi connectivity index (χ2v) is 6.67. The summed E-state index contributed by atoms with van der Waals surface area (Å²) in [5.41, 5.74) is 0.126. The number of carbonyl (C=O) groups is 2. The number of carboxylic acid groups (broad SMARTS) is 1. The third kappa shape index (κ3) is 3.55. The Balaban J connectivity index is 1.86. The van der Waals surface area contributed by atoms with Crippen molar-refractivity contribution in [2.75, 3.05) is 5.32 Å². The first-order valence-electron chi connectivity index (χ1n) is 8.16. The lowest BCUT2D eigenvalue weighted by molar-refractivity contribution is -0.145. The molecule has 2 unspecified atom stereocenters. The Hall–Kier alpha value is -2.47. The van der Waals surface area contributed by atoms with Crippen LogP contribution >= 0.6 is 11.6 Å². The summed E-state index contributed by atoms with van der Waals surface area (Å²) in [4.78, 5) is 23.5. The molecule has 1 aliphatic rings. The lowest BCUT2D eigenvalue weighted by Crippen LogP contribution is -2.30. The van der Waals surface area contributed by atoms with Gasteiger partial charge in [0, 0.05) is 10.6 Å². The summed E-state index contributed by atoms with van der Waals surface area (Å²) >= 11 is 6.05. The van der Waals surface area contributed by atoms with E-state index in [9.17, 15) is 18.4 Å². The van der Waals surface area contributed by atoms with Crippen LogP contribution in [0.4, 0.5) is 14.5 Å². The van der Waals surface area contributed by atoms with Crippen LogP contribution in [-0.2, 0) is 9.59 Å². The fraction of sp³-hybridized carbons (Fsp3) is 0.263. The average Bonchev–Trinajstić information content (AvgIpc) is 3.08. The molecule has 2 aromatic carbocycles. The van der Waals surface area contributed by atoms with Gasteiger partial charge in [-0.25, -0.2) is 8.78 Å². The molecule has 2 N–H and O–H groups in total. The predicted molar refractivity (Wildman–Crippen MR) is 93.9 cm³/mol. The first-order chi connectivity index (χ1) is 12.4. The van der Waals surface area contributed by atoms with Gasteiger partial charge in [0.2, 0.25) is 5.91 Å². The zero-order chi connectivity index (χ0) is 18.8. The van der Waals surface area contributed by atoms with Crippen LogP contribution in [0.3, 0.4) is 0 Å². The number of hydrogen-bond acceptors (Lipinski definition) is 2. The van der Waals surface area contributed by atoms with Crippen molar-refractivity contribution in [3.8, 4) is 11.1 Å². The van der Waals surface area contributed by atoms with E-state index < -0.39 is 41.0 Å². The van der Waals surface area contributed by atoms with Crippen LogP contribution in [0.15, 0.2) is 36.4 Å². The quantitative estimate of drug-likeness (QED) is 0.807. The molecule has 0 spiro atoms. The van der Waals surface area contributed by atoms with Gasteiger partial charge < -0.3 is 10.4 Å². The summed E-state index contributed by atoms with van der Waals surface area (Å²) in [5, 5.41) is 11.7. The van der Waals surface area contributed by atoms with Crippen LogP contribution in [0.2, 0.25) is 5.02 Å². The summed E-state index contributed by atoms with van der Waals surface area (Å²) in [5.74, 6) is -5.27. The van der Waals surface area contributed by atoms with Crippen LogP contribution in [0.25, 0.3) is 11.1 Å². The topological polar surface area (TPSA) is 66.4 Å². The molecule has 1 saturated carbocycles. The summed E-state index contributed by atoms with van der Waals surface area (Å²) in [6.07, 6.45) is 1.35. The highest BCUT2D eigenvalue weighted by molar-refractivity contribution is 6.33. The van der Waals surface area contributed by atoms with Crippen molar-refractivity contribution in [2.24, 2.45) is 11.8 Å². The molecule has 0 aliphatic heterocycles. The molecule has 2 atom stereocenters. The minimum Gasteiger partial charge on any atom is -0.481 e.